The topological polar surface area (TPSA) is 90.0 Å². The molecule has 2 unspecified atom stereocenters. The Morgan fingerprint density at radius 2 is 1.04 bits per heavy atom. The predicted molar refractivity (Wildman–Crippen MR) is 209 cm³/mol. The fourth-order valence-electron chi connectivity index (χ4n) is 9.13. The lowest BCUT2D eigenvalue weighted by molar-refractivity contribution is 0.0632. The van der Waals surface area contributed by atoms with Gasteiger partial charge in [-0.1, -0.05) is 76.6 Å². The highest BCUT2D eigenvalue weighted by molar-refractivity contribution is 9.09. The average Bonchev–Trinajstić information content (AvgIpc) is 3.95. The van der Waals surface area contributed by atoms with Gasteiger partial charge in [0, 0.05) is 43.6 Å². The van der Waals surface area contributed by atoms with Gasteiger partial charge in [-0.3, -0.25) is 33.9 Å². The van der Waals surface area contributed by atoms with Crippen molar-refractivity contribution in [2.24, 2.45) is 0 Å². The quantitative estimate of drug-likeness (QED) is 0.159. The van der Waals surface area contributed by atoms with Crippen LogP contribution in [0.4, 0.5) is 0 Å². The molecule has 0 spiro atoms. The number of hydrogen-bond donors (Lipinski definition) is 1. The predicted octanol–water partition coefficient (Wildman–Crippen LogP) is 7.11. The number of nitrogens with zero attached hydrogens (tertiary/aromatic N) is 3. The van der Waals surface area contributed by atoms with Crippen molar-refractivity contribution in [3.63, 3.8) is 0 Å². The van der Waals surface area contributed by atoms with Crippen LogP contribution in [-0.2, 0) is 25.7 Å². The van der Waals surface area contributed by atoms with E-state index in [1.54, 1.807) is 58.7 Å². The number of benzene rings is 4. The molecule has 0 fully saturated rings. The molecule has 0 bridgehead atoms. The highest BCUT2D eigenvalue weighted by atomic mass is 79.9. The molecule has 4 aromatic carbocycles. The summed E-state index contributed by atoms with van der Waals surface area (Å²) < 4.78 is 0. The smallest absolute Gasteiger partial charge is 0.261 e. The molecule has 8 nitrogen and oxygen atoms in total. The Kier molecular flexibility index (Phi) is 10.4. The minimum atomic E-state index is -0.170. The Labute approximate surface area is 319 Å². The molecular formula is C44H45BrN4O4. The van der Waals surface area contributed by atoms with Gasteiger partial charge in [0.05, 0.1) is 22.3 Å². The summed E-state index contributed by atoms with van der Waals surface area (Å²) in [4.78, 5) is 53.8. The van der Waals surface area contributed by atoms with Gasteiger partial charge in [-0.05, 0) is 116 Å². The van der Waals surface area contributed by atoms with Crippen LogP contribution in [-0.4, -0.2) is 76.4 Å². The van der Waals surface area contributed by atoms with Crippen LogP contribution in [0.2, 0.25) is 0 Å². The van der Waals surface area contributed by atoms with Crippen molar-refractivity contribution in [2.75, 3.05) is 38.1 Å². The van der Waals surface area contributed by atoms with Crippen molar-refractivity contribution < 1.29 is 19.2 Å². The Bertz CT molecular complexity index is 2010. The second-order valence-electron chi connectivity index (χ2n) is 14.6. The van der Waals surface area contributed by atoms with Crippen LogP contribution in [0.1, 0.15) is 113 Å². The van der Waals surface area contributed by atoms with Crippen LogP contribution in [0.25, 0.3) is 0 Å². The molecule has 10 rings (SSSR count). The number of carbonyl (C=O) groups is 4. The molecule has 6 aliphatic rings. The Hall–Kier alpha value is -4.44. The highest BCUT2D eigenvalue weighted by Crippen LogP contribution is 2.41. The summed E-state index contributed by atoms with van der Waals surface area (Å²) in [6.07, 6.45) is 8.90. The van der Waals surface area contributed by atoms with Crippen molar-refractivity contribution >= 4 is 39.6 Å². The second-order valence-corrected chi connectivity index (χ2v) is 15.4. The minimum Gasteiger partial charge on any atom is -0.310 e. The first-order valence-corrected chi connectivity index (χ1v) is 20.2. The third-order valence-corrected chi connectivity index (χ3v) is 12.2. The third-order valence-electron chi connectivity index (χ3n) is 11.6. The molecule has 0 radical (unpaired) electrons. The number of halogens is 1. The van der Waals surface area contributed by atoms with Gasteiger partial charge >= 0.3 is 0 Å². The van der Waals surface area contributed by atoms with Crippen molar-refractivity contribution in [3.05, 3.63) is 141 Å². The number of alkyl halides is 1. The van der Waals surface area contributed by atoms with Crippen LogP contribution < -0.4 is 5.32 Å². The lowest BCUT2D eigenvalue weighted by atomic mass is 9.93. The molecule has 9 heteroatoms. The number of rotatable bonds is 7. The molecule has 4 aliphatic heterocycles. The van der Waals surface area contributed by atoms with E-state index in [1.165, 1.54) is 59.6 Å². The first-order chi connectivity index (χ1) is 25.9. The summed E-state index contributed by atoms with van der Waals surface area (Å²) in [5.74, 6) is -0.622. The molecule has 0 saturated heterocycles. The van der Waals surface area contributed by atoms with Crippen LogP contribution in [0.3, 0.4) is 0 Å². The van der Waals surface area contributed by atoms with Crippen LogP contribution in [0.15, 0.2) is 84.9 Å². The number of carbonyl (C=O) groups excluding carboxylic acids is 4. The first-order valence-electron chi connectivity index (χ1n) is 19.1. The van der Waals surface area contributed by atoms with Gasteiger partial charge < -0.3 is 5.32 Å². The lowest BCUT2D eigenvalue weighted by Crippen LogP contribution is -2.37. The zero-order valence-corrected chi connectivity index (χ0v) is 31.6. The largest absolute Gasteiger partial charge is 0.310 e. The van der Waals surface area contributed by atoms with Crippen LogP contribution >= 0.6 is 15.9 Å². The summed E-state index contributed by atoms with van der Waals surface area (Å²) in [5, 5.41) is 4.37. The van der Waals surface area contributed by atoms with Gasteiger partial charge in [-0.2, -0.15) is 0 Å². The molecular weight excluding hydrogens is 728 g/mol. The number of nitrogens with one attached hydrogen (secondary N) is 1. The molecule has 2 atom stereocenters. The molecule has 1 N–H and O–H groups in total. The molecule has 53 heavy (non-hydrogen) atoms. The van der Waals surface area contributed by atoms with E-state index in [9.17, 15) is 19.2 Å². The first kappa shape index (κ1) is 35.6. The fourth-order valence-corrected chi connectivity index (χ4v) is 9.38. The minimum absolute atomic E-state index is 0.141. The van der Waals surface area contributed by atoms with Gasteiger partial charge in [0.25, 0.3) is 23.6 Å². The number of aryl methyl sites for hydroxylation is 2. The van der Waals surface area contributed by atoms with E-state index >= 15 is 0 Å². The summed E-state index contributed by atoms with van der Waals surface area (Å²) >= 11 is 3.28. The maximum absolute atomic E-state index is 12.5. The molecule has 0 saturated carbocycles. The molecule has 0 aromatic heterocycles. The van der Waals surface area contributed by atoms with E-state index in [0.717, 1.165) is 37.7 Å². The Balaban J connectivity index is 0.000000125. The van der Waals surface area contributed by atoms with Gasteiger partial charge in [0.2, 0.25) is 0 Å². The summed E-state index contributed by atoms with van der Waals surface area (Å²) in [6, 6.07) is 28.8. The van der Waals surface area contributed by atoms with Crippen molar-refractivity contribution in [1.82, 2.24) is 20.0 Å². The van der Waals surface area contributed by atoms with Crippen molar-refractivity contribution in [3.8, 4) is 0 Å². The van der Waals surface area contributed by atoms with Gasteiger partial charge in [0.15, 0.2) is 0 Å². The second kappa shape index (κ2) is 15.5. The molecule has 4 aromatic rings. The standard InChI is InChI=1S/C22H22N2O2.C11H10BrNO2.C11H13N/c25-21-17-7-1-2-8-18(17)22(26)24(21)13-4-12-23-14-11-16-6-3-5-15-9-10-19(23)20(15)16;12-6-3-7-13-10(14)8-4-1-2-5-9(8)11(13)15;1-2-8-4-5-10-11(8)9(3-1)6-7-12-10/h1-3,5-8,19H,4,9-14H2;1-2,4-5H,3,6-7H2;1-3,10,12H,4-7H2. The van der Waals surface area contributed by atoms with Gasteiger partial charge in [-0.25, -0.2) is 0 Å². The summed E-state index contributed by atoms with van der Waals surface area (Å²) in [7, 11) is 0. The molecule has 4 heterocycles. The number of hydrogen-bond acceptors (Lipinski definition) is 6. The molecule has 2 aliphatic carbocycles. The Morgan fingerprint density at radius 1 is 0.547 bits per heavy atom. The maximum Gasteiger partial charge on any atom is 0.261 e. The Morgan fingerprint density at radius 3 is 1.60 bits per heavy atom. The normalized spacial score (nSPS) is 20.3. The fraction of sp³-hybridized carbons (Fsp3) is 0.364. The van der Waals surface area contributed by atoms with Gasteiger partial charge in [-0.15, -0.1) is 0 Å². The number of amides is 4. The average molecular weight is 774 g/mol. The van der Waals surface area contributed by atoms with E-state index in [-0.39, 0.29) is 23.6 Å². The van der Waals surface area contributed by atoms with E-state index in [4.69, 9.17) is 0 Å². The van der Waals surface area contributed by atoms with E-state index in [1.807, 2.05) is 12.1 Å². The maximum atomic E-state index is 12.5. The monoisotopic (exact) mass is 772 g/mol. The summed E-state index contributed by atoms with van der Waals surface area (Å²) in [5.41, 5.74) is 11.5. The van der Waals surface area contributed by atoms with E-state index < -0.39 is 0 Å². The third kappa shape index (κ3) is 6.79. The lowest BCUT2D eigenvalue weighted by Gasteiger charge is -2.35. The van der Waals surface area contributed by atoms with E-state index in [0.29, 0.717) is 47.4 Å². The zero-order valence-electron chi connectivity index (χ0n) is 30.0. The highest BCUT2D eigenvalue weighted by Gasteiger charge is 2.37. The van der Waals surface area contributed by atoms with Crippen molar-refractivity contribution in [1.29, 1.82) is 0 Å². The van der Waals surface area contributed by atoms with Crippen molar-refractivity contribution in [2.45, 2.75) is 63.5 Å². The number of imide groups is 2. The molecule has 4 amide bonds. The van der Waals surface area contributed by atoms with Crippen LogP contribution in [0.5, 0.6) is 0 Å². The number of fused-ring (bicyclic) bond motifs is 2. The SMILES string of the molecule is O=C1c2ccccc2C(=O)N1CCCBr.O=C1c2ccccc2C(=O)N1CCCN1CCc2cccc3c2C1CC3.c1cc2c3c(c1)CCC3NCC2. The van der Waals surface area contributed by atoms with Gasteiger partial charge in [0.1, 0.15) is 0 Å². The summed E-state index contributed by atoms with van der Waals surface area (Å²) in [6.45, 7) is 4.16. The molecule has 272 valence electrons. The van der Waals surface area contributed by atoms with Crippen LogP contribution in [0, 0.1) is 0 Å². The zero-order chi connectivity index (χ0) is 36.5. The van der Waals surface area contributed by atoms with E-state index in [2.05, 4.69) is 62.5 Å².